The number of nitrogens with zero attached hydrogens (tertiary/aromatic N) is 2. The average molecular weight is 325 g/mol. The quantitative estimate of drug-likeness (QED) is 0.689. The molecule has 0 radical (unpaired) electrons. The zero-order valence-corrected chi connectivity index (χ0v) is 11.4. The van der Waals surface area contributed by atoms with Crippen LogP contribution in [0.3, 0.4) is 0 Å². The van der Waals surface area contributed by atoms with Gasteiger partial charge in [0.1, 0.15) is 17.7 Å². The van der Waals surface area contributed by atoms with E-state index in [0.717, 1.165) is 11.8 Å². The van der Waals surface area contributed by atoms with Crippen LogP contribution >= 0.6 is 15.9 Å². The van der Waals surface area contributed by atoms with Crippen molar-refractivity contribution in [3.05, 3.63) is 50.7 Å². The number of hydrogen-bond donors (Lipinski definition) is 1. The highest BCUT2D eigenvalue weighted by Crippen LogP contribution is 2.38. The van der Waals surface area contributed by atoms with Gasteiger partial charge in [-0.05, 0) is 40.5 Å². The monoisotopic (exact) mass is 324 g/mol. The summed E-state index contributed by atoms with van der Waals surface area (Å²) in [6.45, 7) is 1.78. The van der Waals surface area contributed by atoms with E-state index in [1.54, 1.807) is 19.1 Å². The molecule has 0 unspecified atom stereocenters. The number of halogens is 1. The van der Waals surface area contributed by atoms with Crippen LogP contribution in [-0.2, 0) is 0 Å². The molecule has 0 fully saturated rings. The van der Waals surface area contributed by atoms with E-state index in [0.29, 0.717) is 10.2 Å². The van der Waals surface area contributed by atoms with Crippen LogP contribution in [0.4, 0.5) is 5.69 Å². The molecule has 0 amide bonds. The summed E-state index contributed by atoms with van der Waals surface area (Å²) in [6, 6.07) is 4.60. The second-order valence-electron chi connectivity index (χ2n) is 3.83. The lowest BCUT2D eigenvalue weighted by Gasteiger charge is -2.08. The van der Waals surface area contributed by atoms with Gasteiger partial charge in [0, 0.05) is 12.3 Å². The van der Waals surface area contributed by atoms with Crippen LogP contribution in [0.25, 0.3) is 0 Å². The Balaban J connectivity index is 2.45. The van der Waals surface area contributed by atoms with E-state index in [9.17, 15) is 15.2 Å². The molecule has 2 rings (SSSR count). The summed E-state index contributed by atoms with van der Waals surface area (Å²) in [5, 5.41) is 20.4. The van der Waals surface area contributed by atoms with Crippen molar-refractivity contribution in [1.29, 1.82) is 0 Å². The van der Waals surface area contributed by atoms with Crippen LogP contribution in [0.15, 0.2) is 35.1 Å². The molecule has 1 heterocycles. The molecule has 98 valence electrons. The van der Waals surface area contributed by atoms with E-state index in [2.05, 4.69) is 20.9 Å². The molecule has 0 aliphatic rings. The van der Waals surface area contributed by atoms with E-state index >= 15 is 0 Å². The number of pyridine rings is 1. The largest absolute Gasteiger partial charge is 0.508 e. The second-order valence-corrected chi connectivity index (χ2v) is 4.69. The van der Waals surface area contributed by atoms with Crippen LogP contribution in [0, 0.1) is 17.0 Å². The van der Waals surface area contributed by atoms with Crippen LogP contribution in [-0.4, -0.2) is 15.0 Å². The Bertz CT molecular complexity index is 625. The van der Waals surface area contributed by atoms with Gasteiger partial charge in [-0.2, -0.15) is 0 Å². The van der Waals surface area contributed by atoms with Gasteiger partial charge in [-0.25, -0.2) is 0 Å². The van der Waals surface area contributed by atoms with E-state index in [1.807, 2.05) is 0 Å². The minimum atomic E-state index is -0.581. The lowest BCUT2D eigenvalue weighted by atomic mass is 10.2. The molecule has 0 saturated heterocycles. The first kappa shape index (κ1) is 13.3. The van der Waals surface area contributed by atoms with Crippen molar-refractivity contribution >= 4 is 21.6 Å². The topological polar surface area (TPSA) is 85.5 Å². The zero-order chi connectivity index (χ0) is 14.0. The van der Waals surface area contributed by atoms with Crippen molar-refractivity contribution in [2.45, 2.75) is 6.92 Å². The molecule has 19 heavy (non-hydrogen) atoms. The normalized spacial score (nSPS) is 10.2. The van der Waals surface area contributed by atoms with E-state index in [4.69, 9.17) is 4.74 Å². The number of benzene rings is 1. The third kappa shape index (κ3) is 3.00. The summed E-state index contributed by atoms with van der Waals surface area (Å²) >= 11 is 3.16. The Kier molecular flexibility index (Phi) is 3.66. The van der Waals surface area contributed by atoms with Crippen LogP contribution in [0.1, 0.15) is 5.56 Å². The summed E-state index contributed by atoms with van der Waals surface area (Å²) in [6.07, 6.45) is 2.51. The Morgan fingerprint density at radius 1 is 1.37 bits per heavy atom. The molecule has 0 atom stereocenters. The zero-order valence-electron chi connectivity index (χ0n) is 9.83. The average Bonchev–Trinajstić information content (AvgIpc) is 2.30. The number of hydrogen-bond acceptors (Lipinski definition) is 5. The molecule has 6 nitrogen and oxygen atoms in total. The van der Waals surface area contributed by atoms with E-state index in [-0.39, 0.29) is 17.2 Å². The van der Waals surface area contributed by atoms with Gasteiger partial charge < -0.3 is 9.84 Å². The Morgan fingerprint density at radius 3 is 2.74 bits per heavy atom. The molecule has 2 aromatic rings. The number of ether oxygens (including phenoxy) is 1. The number of aromatic hydroxyl groups is 1. The summed E-state index contributed by atoms with van der Waals surface area (Å²) in [7, 11) is 0. The lowest BCUT2D eigenvalue weighted by Crippen LogP contribution is -1.95. The summed E-state index contributed by atoms with van der Waals surface area (Å²) < 4.78 is 5.84. The molecule has 0 aliphatic carbocycles. The van der Waals surface area contributed by atoms with Gasteiger partial charge in [0.25, 0.3) is 0 Å². The van der Waals surface area contributed by atoms with Crippen molar-refractivity contribution in [2.75, 3.05) is 0 Å². The number of phenolic OH excluding ortho intramolecular Hbond substituents is 1. The molecule has 0 bridgehead atoms. The van der Waals surface area contributed by atoms with Gasteiger partial charge in [-0.15, -0.1) is 0 Å². The van der Waals surface area contributed by atoms with Crippen molar-refractivity contribution in [3.8, 4) is 17.2 Å². The second kappa shape index (κ2) is 5.23. The molecule has 0 aliphatic heterocycles. The smallest absolute Gasteiger partial charge is 0.330 e. The van der Waals surface area contributed by atoms with E-state index in [1.165, 1.54) is 12.3 Å². The maximum atomic E-state index is 10.9. The highest BCUT2D eigenvalue weighted by molar-refractivity contribution is 9.10. The highest BCUT2D eigenvalue weighted by atomic mass is 79.9. The Hall–Kier alpha value is -2.15. The Morgan fingerprint density at radius 2 is 2.11 bits per heavy atom. The number of aryl methyl sites for hydroxylation is 1. The van der Waals surface area contributed by atoms with Crippen LogP contribution in [0.5, 0.6) is 17.2 Å². The molecular formula is C12H9BrN2O4. The van der Waals surface area contributed by atoms with Gasteiger partial charge in [0.2, 0.25) is 5.75 Å². The van der Waals surface area contributed by atoms with Gasteiger partial charge in [0.15, 0.2) is 0 Å². The van der Waals surface area contributed by atoms with Crippen molar-refractivity contribution in [2.24, 2.45) is 0 Å². The SMILES string of the molecule is Cc1cc(O)cc(Oc2c(Br)cncc2[N+](=O)[O-])c1. The maximum Gasteiger partial charge on any atom is 0.330 e. The number of aromatic nitrogens is 1. The summed E-state index contributed by atoms with van der Waals surface area (Å²) in [5.41, 5.74) is 0.526. The molecule has 7 heteroatoms. The summed E-state index contributed by atoms with van der Waals surface area (Å²) in [4.78, 5) is 14.1. The first-order valence-electron chi connectivity index (χ1n) is 5.24. The maximum absolute atomic E-state index is 10.9. The third-order valence-corrected chi connectivity index (χ3v) is 2.85. The predicted octanol–water partition coefficient (Wildman–Crippen LogP) is 3.56. The molecule has 1 N–H and O–H groups in total. The predicted molar refractivity (Wildman–Crippen MR) is 71.5 cm³/mol. The number of rotatable bonds is 3. The fourth-order valence-corrected chi connectivity index (χ4v) is 1.95. The third-order valence-electron chi connectivity index (χ3n) is 2.29. The fraction of sp³-hybridized carbons (Fsp3) is 0.0833. The number of phenols is 1. The van der Waals surface area contributed by atoms with Gasteiger partial charge in [0.05, 0.1) is 9.40 Å². The van der Waals surface area contributed by atoms with Crippen LogP contribution in [0.2, 0.25) is 0 Å². The minimum Gasteiger partial charge on any atom is -0.508 e. The molecule has 1 aromatic carbocycles. The highest BCUT2D eigenvalue weighted by Gasteiger charge is 2.20. The molecule has 0 spiro atoms. The van der Waals surface area contributed by atoms with Gasteiger partial charge >= 0.3 is 5.69 Å². The van der Waals surface area contributed by atoms with Crippen LogP contribution < -0.4 is 4.74 Å². The molecular weight excluding hydrogens is 316 g/mol. The van der Waals surface area contributed by atoms with Gasteiger partial charge in [-0.3, -0.25) is 15.1 Å². The summed E-state index contributed by atoms with van der Waals surface area (Å²) in [5.74, 6) is 0.389. The molecule has 0 saturated carbocycles. The van der Waals surface area contributed by atoms with E-state index < -0.39 is 4.92 Å². The standard InChI is InChI=1S/C12H9BrN2O4/c1-7-2-8(16)4-9(3-7)19-12-10(13)5-14-6-11(12)15(17)18/h2-6,16H,1H3. The van der Waals surface area contributed by atoms with Crippen molar-refractivity contribution in [1.82, 2.24) is 4.98 Å². The fourth-order valence-electron chi connectivity index (χ4n) is 1.55. The van der Waals surface area contributed by atoms with Gasteiger partial charge in [-0.1, -0.05) is 0 Å². The number of nitro groups is 1. The first-order chi connectivity index (χ1) is 8.97. The van der Waals surface area contributed by atoms with Crippen molar-refractivity contribution < 1.29 is 14.8 Å². The lowest BCUT2D eigenvalue weighted by molar-refractivity contribution is -0.386. The first-order valence-corrected chi connectivity index (χ1v) is 6.03. The van der Waals surface area contributed by atoms with Crippen molar-refractivity contribution in [3.63, 3.8) is 0 Å². The minimum absolute atomic E-state index is 0.0304. The molecule has 1 aromatic heterocycles. The Labute approximate surface area is 117 Å².